The van der Waals surface area contributed by atoms with Crippen LogP contribution in [0.25, 0.3) is 0 Å². The molecular formula is C12H17FN2O2S. The van der Waals surface area contributed by atoms with Crippen molar-refractivity contribution in [3.8, 4) is 0 Å². The largest absolute Gasteiger partial charge is 0.326 e. The average Bonchev–Trinajstić information content (AvgIpc) is 2.96. The Labute approximate surface area is 106 Å². The summed E-state index contributed by atoms with van der Waals surface area (Å²) in [7, 11) is -3.66. The second-order valence-corrected chi connectivity index (χ2v) is 6.53. The first-order chi connectivity index (χ1) is 8.35. The molecule has 1 saturated carbocycles. The van der Waals surface area contributed by atoms with E-state index in [0.717, 1.165) is 6.42 Å². The van der Waals surface area contributed by atoms with Gasteiger partial charge in [-0.25, -0.2) is 17.5 Å². The van der Waals surface area contributed by atoms with E-state index in [1.807, 2.05) is 6.92 Å². The number of sulfonamides is 1. The van der Waals surface area contributed by atoms with Crippen LogP contribution in [0.4, 0.5) is 4.39 Å². The smallest absolute Gasteiger partial charge is 0.241 e. The van der Waals surface area contributed by atoms with Gasteiger partial charge in [0.2, 0.25) is 10.0 Å². The molecule has 0 aliphatic heterocycles. The summed E-state index contributed by atoms with van der Waals surface area (Å²) >= 11 is 0. The molecule has 2 rings (SSSR count). The highest BCUT2D eigenvalue weighted by Crippen LogP contribution is 2.31. The van der Waals surface area contributed by atoms with Crippen molar-refractivity contribution in [2.75, 3.05) is 0 Å². The van der Waals surface area contributed by atoms with Crippen LogP contribution in [-0.4, -0.2) is 14.5 Å². The lowest BCUT2D eigenvalue weighted by Crippen LogP contribution is -2.28. The van der Waals surface area contributed by atoms with E-state index < -0.39 is 15.8 Å². The number of hydrogen-bond donors (Lipinski definition) is 2. The molecule has 0 aromatic heterocycles. The third kappa shape index (κ3) is 2.55. The van der Waals surface area contributed by atoms with Crippen molar-refractivity contribution in [3.63, 3.8) is 0 Å². The van der Waals surface area contributed by atoms with Gasteiger partial charge in [-0.3, -0.25) is 0 Å². The first-order valence-electron chi connectivity index (χ1n) is 5.86. The highest BCUT2D eigenvalue weighted by atomic mass is 32.2. The van der Waals surface area contributed by atoms with E-state index in [1.165, 1.54) is 19.1 Å². The predicted octanol–water partition coefficient (Wildman–Crippen LogP) is 1.28. The van der Waals surface area contributed by atoms with Crippen molar-refractivity contribution >= 4 is 10.0 Å². The zero-order valence-corrected chi connectivity index (χ0v) is 11.2. The fourth-order valence-corrected chi connectivity index (χ4v) is 3.51. The van der Waals surface area contributed by atoms with Gasteiger partial charge >= 0.3 is 0 Å². The molecule has 6 heteroatoms. The molecule has 2 atom stereocenters. The van der Waals surface area contributed by atoms with E-state index in [4.69, 9.17) is 5.73 Å². The van der Waals surface area contributed by atoms with Crippen LogP contribution in [0.3, 0.4) is 0 Å². The normalized spacial score (nSPS) is 23.1. The molecule has 1 aliphatic carbocycles. The minimum absolute atomic E-state index is 0.0120. The Morgan fingerprint density at radius 3 is 2.61 bits per heavy atom. The molecule has 18 heavy (non-hydrogen) atoms. The van der Waals surface area contributed by atoms with E-state index >= 15 is 0 Å². The minimum Gasteiger partial charge on any atom is -0.326 e. The molecule has 0 heterocycles. The lowest BCUT2D eigenvalue weighted by Gasteiger charge is -2.11. The van der Waals surface area contributed by atoms with Gasteiger partial charge in [0.15, 0.2) is 0 Å². The molecule has 4 nitrogen and oxygen atoms in total. The SMILES string of the molecule is Cc1c(F)cc(CN)cc1S(=O)(=O)NC1CC1C. The van der Waals surface area contributed by atoms with Crippen LogP contribution in [0.1, 0.15) is 24.5 Å². The van der Waals surface area contributed by atoms with Crippen molar-refractivity contribution < 1.29 is 12.8 Å². The molecule has 1 fully saturated rings. The summed E-state index contributed by atoms with van der Waals surface area (Å²) in [6, 6.07) is 2.68. The highest BCUT2D eigenvalue weighted by molar-refractivity contribution is 7.89. The van der Waals surface area contributed by atoms with E-state index in [9.17, 15) is 12.8 Å². The fourth-order valence-electron chi connectivity index (χ4n) is 1.85. The van der Waals surface area contributed by atoms with Crippen LogP contribution in [-0.2, 0) is 16.6 Å². The number of nitrogens with one attached hydrogen (secondary N) is 1. The van der Waals surface area contributed by atoms with Crippen LogP contribution in [0, 0.1) is 18.7 Å². The highest BCUT2D eigenvalue weighted by Gasteiger charge is 2.37. The lowest BCUT2D eigenvalue weighted by atomic mass is 10.1. The van der Waals surface area contributed by atoms with Crippen molar-refractivity contribution in [1.29, 1.82) is 0 Å². The molecule has 0 amide bonds. The third-order valence-corrected chi connectivity index (χ3v) is 4.91. The maximum atomic E-state index is 13.6. The third-order valence-electron chi connectivity index (χ3n) is 3.30. The molecular weight excluding hydrogens is 255 g/mol. The standard InChI is InChI=1S/C12H17FN2O2S/c1-7-3-11(7)15-18(16,17)12-5-9(6-14)4-10(13)8(12)2/h4-5,7,11,15H,3,6,14H2,1-2H3. The first-order valence-corrected chi connectivity index (χ1v) is 7.35. The van der Waals surface area contributed by atoms with E-state index in [-0.39, 0.29) is 23.0 Å². The molecule has 0 saturated heterocycles. The van der Waals surface area contributed by atoms with E-state index in [1.54, 1.807) is 0 Å². The quantitative estimate of drug-likeness (QED) is 0.867. The maximum Gasteiger partial charge on any atom is 0.241 e. The average molecular weight is 272 g/mol. The van der Waals surface area contributed by atoms with E-state index in [2.05, 4.69) is 4.72 Å². The summed E-state index contributed by atoms with van der Waals surface area (Å²) in [5, 5.41) is 0. The van der Waals surface area contributed by atoms with Crippen LogP contribution < -0.4 is 10.5 Å². The molecule has 2 unspecified atom stereocenters. The molecule has 1 aromatic carbocycles. The molecule has 3 N–H and O–H groups in total. The first kappa shape index (κ1) is 13.5. The van der Waals surface area contributed by atoms with Crippen LogP contribution in [0.2, 0.25) is 0 Å². The van der Waals surface area contributed by atoms with Gasteiger partial charge in [-0.15, -0.1) is 0 Å². The van der Waals surface area contributed by atoms with Gasteiger partial charge in [0, 0.05) is 18.2 Å². The zero-order chi connectivity index (χ0) is 13.5. The van der Waals surface area contributed by atoms with Gasteiger partial charge in [-0.05, 0) is 37.0 Å². The summed E-state index contributed by atoms with van der Waals surface area (Å²) in [4.78, 5) is -0.0120. The van der Waals surface area contributed by atoms with Gasteiger partial charge in [0.1, 0.15) is 5.82 Å². The number of nitrogens with two attached hydrogens (primary N) is 1. The lowest BCUT2D eigenvalue weighted by molar-refractivity contribution is 0.571. The number of halogens is 1. The number of hydrogen-bond acceptors (Lipinski definition) is 3. The Morgan fingerprint density at radius 2 is 2.11 bits per heavy atom. The van der Waals surface area contributed by atoms with Crippen LogP contribution >= 0.6 is 0 Å². The topological polar surface area (TPSA) is 72.2 Å². The summed E-state index contributed by atoms with van der Waals surface area (Å²) in [6.45, 7) is 3.54. The molecule has 1 aromatic rings. The van der Waals surface area contributed by atoms with Gasteiger partial charge in [-0.2, -0.15) is 0 Å². The molecule has 0 spiro atoms. The number of benzene rings is 1. The molecule has 0 radical (unpaired) electrons. The van der Waals surface area contributed by atoms with Crippen molar-refractivity contribution in [2.24, 2.45) is 11.7 Å². The Morgan fingerprint density at radius 1 is 1.50 bits per heavy atom. The van der Waals surface area contributed by atoms with E-state index in [0.29, 0.717) is 11.5 Å². The summed E-state index contributed by atoms with van der Waals surface area (Å²) < 4.78 is 40.5. The van der Waals surface area contributed by atoms with Crippen molar-refractivity contribution in [2.45, 2.75) is 37.8 Å². The molecule has 0 bridgehead atoms. The Bertz CT molecular complexity index is 572. The molecule has 1 aliphatic rings. The van der Waals surface area contributed by atoms with Gasteiger partial charge < -0.3 is 5.73 Å². The van der Waals surface area contributed by atoms with Crippen molar-refractivity contribution in [3.05, 3.63) is 29.1 Å². The summed E-state index contributed by atoms with van der Waals surface area (Å²) in [6.07, 6.45) is 0.831. The Kier molecular flexibility index (Phi) is 3.44. The Hall–Kier alpha value is -0.980. The second kappa shape index (κ2) is 4.60. The maximum absolute atomic E-state index is 13.6. The van der Waals surface area contributed by atoms with Crippen molar-refractivity contribution in [1.82, 2.24) is 4.72 Å². The number of rotatable bonds is 4. The zero-order valence-electron chi connectivity index (χ0n) is 10.4. The monoisotopic (exact) mass is 272 g/mol. The fraction of sp³-hybridized carbons (Fsp3) is 0.500. The molecule has 100 valence electrons. The van der Waals surface area contributed by atoms with Crippen LogP contribution in [0.15, 0.2) is 17.0 Å². The second-order valence-electron chi connectivity index (χ2n) is 4.85. The van der Waals surface area contributed by atoms with Crippen LogP contribution in [0.5, 0.6) is 0 Å². The van der Waals surface area contributed by atoms with Gasteiger partial charge in [0.05, 0.1) is 4.90 Å². The summed E-state index contributed by atoms with van der Waals surface area (Å²) in [5.74, 6) is -0.190. The Balaban J connectivity index is 2.39. The predicted molar refractivity (Wildman–Crippen MR) is 66.9 cm³/mol. The van der Waals surface area contributed by atoms with Gasteiger partial charge in [0.25, 0.3) is 0 Å². The van der Waals surface area contributed by atoms with Gasteiger partial charge in [-0.1, -0.05) is 6.92 Å². The minimum atomic E-state index is -3.66. The summed E-state index contributed by atoms with van der Waals surface area (Å²) in [5.41, 5.74) is 6.04.